The summed E-state index contributed by atoms with van der Waals surface area (Å²) >= 11 is 5.47. The first-order valence-corrected chi connectivity index (χ1v) is 10.5. The summed E-state index contributed by atoms with van der Waals surface area (Å²) < 4.78 is 10.1. The lowest BCUT2D eigenvalue weighted by atomic mass is 9.95. The first kappa shape index (κ1) is 23.1. The number of carbonyl (C=O) groups excluding carboxylic acids is 2. The number of urea groups is 1. The molecular formula is C23H26N4O4S. The van der Waals surface area contributed by atoms with Crippen molar-refractivity contribution in [1.29, 1.82) is 0 Å². The van der Waals surface area contributed by atoms with E-state index in [2.05, 4.69) is 16.0 Å². The van der Waals surface area contributed by atoms with Crippen molar-refractivity contribution >= 4 is 40.7 Å². The van der Waals surface area contributed by atoms with Crippen LogP contribution in [0.3, 0.4) is 0 Å². The van der Waals surface area contributed by atoms with Crippen molar-refractivity contribution < 1.29 is 19.1 Å². The second-order valence-electron chi connectivity index (χ2n) is 7.05. The van der Waals surface area contributed by atoms with Gasteiger partial charge in [0, 0.05) is 23.6 Å². The second kappa shape index (κ2) is 10.1. The molecule has 0 bridgehead atoms. The van der Waals surface area contributed by atoms with Crippen LogP contribution in [-0.4, -0.2) is 42.8 Å². The number of hydrogen-bond donors (Lipinski definition) is 3. The van der Waals surface area contributed by atoms with E-state index in [4.69, 9.17) is 21.7 Å². The van der Waals surface area contributed by atoms with Gasteiger partial charge in [0.05, 0.1) is 25.8 Å². The minimum atomic E-state index is -0.445. The van der Waals surface area contributed by atoms with Gasteiger partial charge in [-0.15, -0.1) is 0 Å². The third kappa shape index (κ3) is 5.00. The fourth-order valence-corrected chi connectivity index (χ4v) is 3.90. The lowest BCUT2D eigenvalue weighted by Crippen LogP contribution is -2.47. The number of nitrogens with one attached hydrogen (secondary N) is 3. The molecule has 1 aliphatic heterocycles. The van der Waals surface area contributed by atoms with E-state index in [1.807, 2.05) is 30.9 Å². The molecule has 1 aliphatic rings. The molecule has 2 amide bonds. The number of benzene rings is 2. The van der Waals surface area contributed by atoms with E-state index in [0.29, 0.717) is 34.4 Å². The van der Waals surface area contributed by atoms with Gasteiger partial charge in [-0.2, -0.15) is 0 Å². The third-order valence-corrected chi connectivity index (χ3v) is 5.51. The lowest BCUT2D eigenvalue weighted by molar-refractivity contribution is -0.136. The number of methoxy groups -OCH3 is 2. The Morgan fingerprint density at radius 3 is 2.09 bits per heavy atom. The maximum absolute atomic E-state index is 12.5. The minimum Gasteiger partial charge on any atom is -0.497 e. The van der Waals surface area contributed by atoms with Crippen LogP contribution in [0.15, 0.2) is 59.8 Å². The lowest BCUT2D eigenvalue weighted by Gasteiger charge is -2.36. The van der Waals surface area contributed by atoms with Crippen LogP contribution >= 0.6 is 12.2 Å². The van der Waals surface area contributed by atoms with Crippen LogP contribution in [0.4, 0.5) is 16.2 Å². The number of allylic oxidation sites excluding steroid dienone is 1. The van der Waals surface area contributed by atoms with Crippen LogP contribution < -0.4 is 20.7 Å². The predicted octanol–water partition coefficient (Wildman–Crippen LogP) is 4.04. The van der Waals surface area contributed by atoms with E-state index in [0.717, 1.165) is 11.3 Å². The van der Waals surface area contributed by atoms with Crippen molar-refractivity contribution in [1.82, 2.24) is 10.2 Å². The van der Waals surface area contributed by atoms with Gasteiger partial charge in [-0.05, 0) is 68.0 Å². The molecule has 3 rings (SSSR count). The highest BCUT2D eigenvalue weighted by Gasteiger charge is 2.33. The smallest absolute Gasteiger partial charge is 0.337 e. The zero-order valence-corrected chi connectivity index (χ0v) is 19.2. The largest absolute Gasteiger partial charge is 0.497 e. The molecule has 0 saturated heterocycles. The van der Waals surface area contributed by atoms with E-state index >= 15 is 0 Å². The number of nitrogens with zero attached hydrogens (tertiary/aromatic N) is 1. The van der Waals surface area contributed by atoms with Crippen molar-refractivity contribution in [2.24, 2.45) is 0 Å². The molecule has 32 heavy (non-hydrogen) atoms. The molecular weight excluding hydrogens is 428 g/mol. The van der Waals surface area contributed by atoms with Gasteiger partial charge in [0.25, 0.3) is 0 Å². The van der Waals surface area contributed by atoms with Crippen molar-refractivity contribution in [2.75, 3.05) is 31.4 Å². The highest BCUT2D eigenvalue weighted by atomic mass is 32.1. The van der Waals surface area contributed by atoms with Crippen LogP contribution in [0.1, 0.15) is 25.5 Å². The summed E-state index contributed by atoms with van der Waals surface area (Å²) in [5.74, 6) is 0.294. The highest BCUT2D eigenvalue weighted by Crippen LogP contribution is 2.31. The minimum absolute atomic E-state index is 0.371. The average Bonchev–Trinajstić information content (AvgIpc) is 2.79. The summed E-state index contributed by atoms with van der Waals surface area (Å²) in [6.07, 6.45) is 0. The Balaban J connectivity index is 1.75. The molecule has 1 unspecified atom stereocenters. The molecule has 0 fully saturated rings. The fourth-order valence-electron chi connectivity index (χ4n) is 3.51. The molecule has 0 spiro atoms. The highest BCUT2D eigenvalue weighted by molar-refractivity contribution is 7.80. The quantitative estimate of drug-likeness (QED) is 0.448. The normalized spacial score (nSPS) is 15.7. The Morgan fingerprint density at radius 1 is 1.03 bits per heavy atom. The summed E-state index contributed by atoms with van der Waals surface area (Å²) in [7, 11) is 2.94. The molecule has 0 saturated carbocycles. The van der Waals surface area contributed by atoms with Crippen molar-refractivity contribution in [3.63, 3.8) is 0 Å². The SMILES string of the molecule is CCN1C(=S)NC(c2ccc(NC(=O)Nc3ccc(OC)cc3)cc2)C(C(=O)OC)=C1C. The zero-order chi connectivity index (χ0) is 23.3. The number of ether oxygens (including phenoxy) is 2. The molecule has 0 radical (unpaired) electrons. The Morgan fingerprint density at radius 2 is 1.59 bits per heavy atom. The predicted molar refractivity (Wildman–Crippen MR) is 128 cm³/mol. The number of esters is 1. The average molecular weight is 455 g/mol. The number of hydrogen-bond acceptors (Lipinski definition) is 5. The summed E-state index contributed by atoms with van der Waals surface area (Å²) in [5, 5.41) is 9.32. The maximum atomic E-state index is 12.5. The van der Waals surface area contributed by atoms with Crippen LogP contribution in [0.25, 0.3) is 0 Å². The topological polar surface area (TPSA) is 91.9 Å². The number of anilines is 2. The zero-order valence-electron chi connectivity index (χ0n) is 18.4. The molecule has 0 aliphatic carbocycles. The molecule has 1 heterocycles. The maximum Gasteiger partial charge on any atom is 0.337 e. The number of carbonyl (C=O) groups is 2. The molecule has 9 heteroatoms. The fraction of sp³-hybridized carbons (Fsp3) is 0.261. The molecule has 2 aromatic rings. The number of amides is 2. The van der Waals surface area contributed by atoms with Gasteiger partial charge >= 0.3 is 12.0 Å². The molecule has 3 N–H and O–H groups in total. The van der Waals surface area contributed by atoms with Crippen molar-refractivity contribution in [3.8, 4) is 5.75 Å². The molecule has 2 aromatic carbocycles. The third-order valence-electron chi connectivity index (χ3n) is 5.17. The van der Waals surface area contributed by atoms with E-state index in [1.54, 1.807) is 43.5 Å². The van der Waals surface area contributed by atoms with Gasteiger partial charge in [0.15, 0.2) is 5.11 Å². The Hall–Kier alpha value is -3.59. The first-order chi connectivity index (χ1) is 15.4. The molecule has 0 aromatic heterocycles. The van der Waals surface area contributed by atoms with Gasteiger partial charge in [-0.25, -0.2) is 9.59 Å². The van der Waals surface area contributed by atoms with Crippen LogP contribution in [0.2, 0.25) is 0 Å². The standard InChI is InChI=1S/C23H26N4O4S/c1-5-27-14(2)19(21(28)31-4)20(26-23(27)32)15-6-8-16(9-7-15)24-22(29)25-17-10-12-18(30-3)13-11-17/h6-13,20H,5H2,1-4H3,(H,26,32)(H2,24,25,29). The molecule has 168 valence electrons. The van der Waals surface area contributed by atoms with E-state index in [9.17, 15) is 9.59 Å². The van der Waals surface area contributed by atoms with Crippen LogP contribution in [0, 0.1) is 0 Å². The second-order valence-corrected chi connectivity index (χ2v) is 7.43. The van der Waals surface area contributed by atoms with E-state index < -0.39 is 12.0 Å². The van der Waals surface area contributed by atoms with Crippen molar-refractivity contribution in [3.05, 3.63) is 65.4 Å². The number of rotatable bonds is 6. The summed E-state index contributed by atoms with van der Waals surface area (Å²) in [5.41, 5.74) is 3.33. The van der Waals surface area contributed by atoms with E-state index in [1.165, 1.54) is 7.11 Å². The molecule has 8 nitrogen and oxygen atoms in total. The van der Waals surface area contributed by atoms with Gasteiger partial charge in [0.1, 0.15) is 5.75 Å². The van der Waals surface area contributed by atoms with Crippen LogP contribution in [-0.2, 0) is 9.53 Å². The van der Waals surface area contributed by atoms with Crippen LogP contribution in [0.5, 0.6) is 5.75 Å². The first-order valence-electron chi connectivity index (χ1n) is 10.1. The Bertz CT molecular complexity index is 1030. The van der Waals surface area contributed by atoms with Gasteiger partial charge in [-0.3, -0.25) is 0 Å². The number of thiocarbonyl (C=S) groups is 1. The van der Waals surface area contributed by atoms with Gasteiger partial charge in [-0.1, -0.05) is 12.1 Å². The Kier molecular flexibility index (Phi) is 7.32. The summed E-state index contributed by atoms with van der Waals surface area (Å²) in [6.45, 7) is 4.45. The summed E-state index contributed by atoms with van der Waals surface area (Å²) in [4.78, 5) is 26.7. The monoisotopic (exact) mass is 454 g/mol. The summed E-state index contributed by atoms with van der Waals surface area (Å²) in [6, 6.07) is 13.4. The van der Waals surface area contributed by atoms with Gasteiger partial charge < -0.3 is 30.3 Å². The van der Waals surface area contributed by atoms with Crippen molar-refractivity contribution in [2.45, 2.75) is 19.9 Å². The Labute approximate surface area is 192 Å². The van der Waals surface area contributed by atoms with E-state index in [-0.39, 0.29) is 6.03 Å². The van der Waals surface area contributed by atoms with Gasteiger partial charge in [0.2, 0.25) is 0 Å². The molecule has 1 atom stereocenters.